The zero-order chi connectivity index (χ0) is 20.1. The maximum Gasteiger partial charge on any atom is 0.124 e. The summed E-state index contributed by atoms with van der Waals surface area (Å²) in [5.41, 5.74) is 3.21. The predicted molar refractivity (Wildman–Crippen MR) is 117 cm³/mol. The van der Waals surface area contributed by atoms with E-state index in [0.29, 0.717) is 5.92 Å². The molecule has 1 saturated carbocycles. The molecule has 1 atom stereocenters. The molecule has 0 spiro atoms. The Morgan fingerprint density at radius 3 is 2.28 bits per heavy atom. The van der Waals surface area contributed by atoms with Gasteiger partial charge in [0.15, 0.2) is 0 Å². The number of aliphatic hydroxyl groups is 1. The summed E-state index contributed by atoms with van der Waals surface area (Å²) < 4.78 is 0. The number of benzene rings is 1. The highest BCUT2D eigenvalue weighted by molar-refractivity contribution is 5.51. The summed E-state index contributed by atoms with van der Waals surface area (Å²) in [5.74, 6) is 0.711. The summed E-state index contributed by atoms with van der Waals surface area (Å²) in [7, 11) is 2.13. The fraction of sp³-hybridized carbons (Fsp3) is 0.560. The van der Waals surface area contributed by atoms with Crippen LogP contribution in [0.1, 0.15) is 61.6 Å². The van der Waals surface area contributed by atoms with Crippen molar-refractivity contribution < 1.29 is 5.11 Å². The Kier molecular flexibility index (Phi) is 4.67. The van der Waals surface area contributed by atoms with Crippen molar-refractivity contribution >= 4 is 5.69 Å². The van der Waals surface area contributed by atoms with Gasteiger partial charge in [0.05, 0.1) is 11.9 Å². The molecule has 1 aromatic carbocycles. The number of pyridine rings is 1. The first-order valence-corrected chi connectivity index (χ1v) is 11.2. The van der Waals surface area contributed by atoms with E-state index in [9.17, 15) is 5.11 Å². The molecule has 154 valence electrons. The molecule has 5 rings (SSSR count). The van der Waals surface area contributed by atoms with E-state index in [4.69, 9.17) is 0 Å². The summed E-state index contributed by atoms with van der Waals surface area (Å²) in [6.45, 7) is 6.14. The van der Waals surface area contributed by atoms with Gasteiger partial charge in [-0.3, -0.25) is 4.98 Å². The van der Waals surface area contributed by atoms with Crippen molar-refractivity contribution in [1.29, 1.82) is 0 Å². The van der Waals surface area contributed by atoms with Crippen molar-refractivity contribution in [3.63, 3.8) is 0 Å². The number of hydrogen-bond acceptors (Lipinski definition) is 4. The van der Waals surface area contributed by atoms with Crippen LogP contribution in [0.3, 0.4) is 0 Å². The van der Waals surface area contributed by atoms with E-state index in [0.717, 1.165) is 43.0 Å². The van der Waals surface area contributed by atoms with Gasteiger partial charge < -0.3 is 14.9 Å². The first kappa shape index (κ1) is 19.1. The number of anilines is 1. The van der Waals surface area contributed by atoms with Crippen LogP contribution in [0.2, 0.25) is 0 Å². The minimum Gasteiger partial charge on any atom is -0.380 e. The van der Waals surface area contributed by atoms with Gasteiger partial charge >= 0.3 is 0 Å². The second-order valence-electron chi connectivity index (χ2n) is 9.82. The number of aromatic nitrogens is 1. The average Bonchev–Trinajstić information content (AvgIpc) is 3.20. The summed E-state index contributed by atoms with van der Waals surface area (Å²) >= 11 is 0. The summed E-state index contributed by atoms with van der Waals surface area (Å²) in [4.78, 5) is 9.24. The minimum atomic E-state index is -1.04. The molecule has 3 fully saturated rings. The Hall–Kier alpha value is -1.91. The van der Waals surface area contributed by atoms with Crippen molar-refractivity contribution in [2.45, 2.75) is 50.5 Å². The highest BCUT2D eigenvalue weighted by Crippen LogP contribution is 2.50. The lowest BCUT2D eigenvalue weighted by Crippen LogP contribution is -2.63. The van der Waals surface area contributed by atoms with Crippen LogP contribution in [0.4, 0.5) is 5.69 Å². The molecule has 2 aromatic rings. The lowest BCUT2D eigenvalue weighted by molar-refractivity contribution is -0.127. The van der Waals surface area contributed by atoms with Crippen molar-refractivity contribution in [2.24, 2.45) is 5.41 Å². The third kappa shape index (κ3) is 3.08. The average molecular weight is 392 g/mol. The van der Waals surface area contributed by atoms with Gasteiger partial charge in [0.2, 0.25) is 0 Å². The van der Waals surface area contributed by atoms with Gasteiger partial charge in [-0.05, 0) is 55.8 Å². The van der Waals surface area contributed by atoms with Crippen molar-refractivity contribution in [1.82, 2.24) is 9.88 Å². The summed E-state index contributed by atoms with van der Waals surface area (Å²) in [6, 6.07) is 11.0. The van der Waals surface area contributed by atoms with Gasteiger partial charge in [0.25, 0.3) is 0 Å². The van der Waals surface area contributed by atoms with E-state index in [1.165, 1.54) is 37.7 Å². The highest BCUT2D eigenvalue weighted by atomic mass is 16.3. The SMILES string of the molecule is CN1CC(C)(C(O)(c2ccc(C3CCC3)cc2)c2cncc(N3CCCC3)c2)C1. The molecule has 0 amide bonds. The number of rotatable bonds is 5. The number of nitrogens with zero attached hydrogens (tertiary/aromatic N) is 3. The summed E-state index contributed by atoms with van der Waals surface area (Å²) in [5, 5.41) is 12.3. The Morgan fingerprint density at radius 2 is 1.69 bits per heavy atom. The van der Waals surface area contributed by atoms with Gasteiger partial charge in [-0.15, -0.1) is 0 Å². The standard InChI is InChI=1S/C25H33N3O/c1-24(17-27(2)18-24)25(29,21-10-8-20(9-11-21)19-6-5-7-19)22-14-23(16-26-15-22)28-12-3-4-13-28/h8-11,14-16,19,29H,3-7,12-13,17-18H2,1-2H3. The van der Waals surface area contributed by atoms with Crippen LogP contribution in [-0.2, 0) is 5.60 Å². The first-order valence-electron chi connectivity index (χ1n) is 11.2. The quantitative estimate of drug-likeness (QED) is 0.832. The number of hydrogen-bond donors (Lipinski definition) is 1. The normalized spacial score (nSPS) is 24.0. The van der Waals surface area contributed by atoms with E-state index in [1.807, 2.05) is 12.4 Å². The van der Waals surface area contributed by atoms with Gasteiger partial charge in [0, 0.05) is 43.4 Å². The van der Waals surface area contributed by atoms with Crippen LogP contribution < -0.4 is 4.90 Å². The molecule has 2 saturated heterocycles. The largest absolute Gasteiger partial charge is 0.380 e. The molecular formula is C25H33N3O. The molecule has 2 aliphatic heterocycles. The van der Waals surface area contributed by atoms with E-state index in [1.54, 1.807) is 0 Å². The first-order chi connectivity index (χ1) is 14.0. The smallest absolute Gasteiger partial charge is 0.124 e. The molecule has 29 heavy (non-hydrogen) atoms. The Bertz CT molecular complexity index is 864. The van der Waals surface area contributed by atoms with Gasteiger partial charge in [-0.1, -0.05) is 37.6 Å². The topological polar surface area (TPSA) is 39.6 Å². The fourth-order valence-corrected chi connectivity index (χ4v) is 5.75. The van der Waals surface area contributed by atoms with Gasteiger partial charge in [-0.2, -0.15) is 0 Å². The second-order valence-corrected chi connectivity index (χ2v) is 9.82. The molecule has 4 heteroatoms. The third-order valence-corrected chi connectivity index (χ3v) is 7.63. The van der Waals surface area contributed by atoms with E-state index in [-0.39, 0.29) is 5.41 Å². The molecule has 1 N–H and O–H groups in total. The van der Waals surface area contributed by atoms with Crippen LogP contribution in [0.5, 0.6) is 0 Å². The second kappa shape index (κ2) is 7.10. The highest BCUT2D eigenvalue weighted by Gasteiger charge is 2.55. The van der Waals surface area contributed by atoms with Crippen LogP contribution >= 0.6 is 0 Å². The lowest BCUT2D eigenvalue weighted by atomic mass is 9.62. The van der Waals surface area contributed by atoms with Crippen molar-refractivity contribution in [2.75, 3.05) is 38.1 Å². The molecule has 0 radical (unpaired) electrons. The predicted octanol–water partition coefficient (Wildman–Crippen LogP) is 4.14. The molecule has 1 aliphatic carbocycles. The molecule has 1 aromatic heterocycles. The Labute approximate surface area is 174 Å². The zero-order valence-corrected chi connectivity index (χ0v) is 17.8. The Balaban J connectivity index is 1.55. The van der Waals surface area contributed by atoms with E-state index >= 15 is 0 Å². The van der Waals surface area contributed by atoms with Crippen molar-refractivity contribution in [3.05, 3.63) is 59.4 Å². The van der Waals surface area contributed by atoms with Crippen molar-refractivity contribution in [3.8, 4) is 0 Å². The lowest BCUT2D eigenvalue weighted by Gasteiger charge is -2.56. The maximum atomic E-state index is 12.3. The zero-order valence-electron chi connectivity index (χ0n) is 17.8. The summed E-state index contributed by atoms with van der Waals surface area (Å²) in [6.07, 6.45) is 10.2. The Morgan fingerprint density at radius 1 is 1.00 bits per heavy atom. The van der Waals surface area contributed by atoms with Gasteiger partial charge in [-0.25, -0.2) is 0 Å². The molecule has 1 unspecified atom stereocenters. The molecular weight excluding hydrogens is 358 g/mol. The van der Waals surface area contributed by atoms with E-state index < -0.39 is 5.60 Å². The molecule has 3 heterocycles. The van der Waals surface area contributed by atoms with E-state index in [2.05, 4.69) is 59.1 Å². The van der Waals surface area contributed by atoms with Crippen LogP contribution in [0.25, 0.3) is 0 Å². The van der Waals surface area contributed by atoms with Crippen LogP contribution in [-0.4, -0.2) is 48.2 Å². The third-order valence-electron chi connectivity index (χ3n) is 7.63. The molecule has 4 nitrogen and oxygen atoms in total. The molecule has 0 bridgehead atoms. The monoisotopic (exact) mass is 391 g/mol. The molecule has 3 aliphatic rings. The number of likely N-dealkylation sites (tertiary alicyclic amines) is 1. The van der Waals surface area contributed by atoms with Crippen LogP contribution in [0.15, 0.2) is 42.7 Å². The fourth-order valence-electron chi connectivity index (χ4n) is 5.75. The minimum absolute atomic E-state index is 0.231. The van der Waals surface area contributed by atoms with Crippen LogP contribution in [0, 0.1) is 5.41 Å². The maximum absolute atomic E-state index is 12.3. The van der Waals surface area contributed by atoms with Gasteiger partial charge in [0.1, 0.15) is 5.60 Å².